The number of rotatable bonds is 7. The summed E-state index contributed by atoms with van der Waals surface area (Å²) >= 11 is 0. The minimum absolute atomic E-state index is 0.0123. The summed E-state index contributed by atoms with van der Waals surface area (Å²) < 4.78 is 45.9. The first-order valence-corrected chi connectivity index (χ1v) is 12.4. The van der Waals surface area contributed by atoms with Gasteiger partial charge in [-0.25, -0.2) is 18.4 Å². The average molecular weight is 549 g/mol. The highest BCUT2D eigenvalue weighted by Crippen LogP contribution is 2.32. The number of carbonyl (C=O) groups excluding carboxylic acids is 3. The minimum atomic E-state index is -0.861. The van der Waals surface area contributed by atoms with Crippen LogP contribution in [0.25, 0.3) is 5.57 Å². The number of halogens is 2. The zero-order valence-corrected chi connectivity index (χ0v) is 21.9. The predicted molar refractivity (Wildman–Crippen MR) is 135 cm³/mol. The molecular formula is C26H30F2N4O7. The van der Waals surface area contributed by atoms with Crippen molar-refractivity contribution in [3.05, 3.63) is 47.7 Å². The second kappa shape index (κ2) is 11.4. The van der Waals surface area contributed by atoms with Crippen LogP contribution in [0.4, 0.5) is 29.9 Å². The van der Waals surface area contributed by atoms with E-state index in [9.17, 15) is 14.4 Å². The number of carbonyl (C=O) groups is 3. The molecule has 0 bridgehead atoms. The summed E-state index contributed by atoms with van der Waals surface area (Å²) in [5.74, 6) is -1.81. The summed E-state index contributed by atoms with van der Waals surface area (Å²) in [5.41, 5.74) is -0.649. The van der Waals surface area contributed by atoms with Crippen molar-refractivity contribution in [1.29, 1.82) is 0 Å². The van der Waals surface area contributed by atoms with Crippen molar-refractivity contribution in [3.63, 3.8) is 0 Å². The average Bonchev–Trinajstić information content (AvgIpc) is 3.51. The third kappa shape index (κ3) is 6.53. The first-order chi connectivity index (χ1) is 18.5. The van der Waals surface area contributed by atoms with Crippen LogP contribution in [0.5, 0.6) is 0 Å². The van der Waals surface area contributed by atoms with E-state index in [-0.39, 0.29) is 68.6 Å². The molecule has 1 aromatic heterocycles. The van der Waals surface area contributed by atoms with Crippen LogP contribution in [0.3, 0.4) is 0 Å². The van der Waals surface area contributed by atoms with Crippen molar-refractivity contribution >= 4 is 35.2 Å². The largest absolute Gasteiger partial charge is 0.443 e. The fourth-order valence-corrected chi connectivity index (χ4v) is 4.35. The molecule has 2 aliphatic rings. The predicted octanol–water partition coefficient (Wildman–Crippen LogP) is 3.72. The van der Waals surface area contributed by atoms with Crippen molar-refractivity contribution < 1.29 is 42.3 Å². The van der Waals surface area contributed by atoms with Crippen LogP contribution in [0, 0.1) is 11.6 Å². The first kappa shape index (κ1) is 28.0. The number of anilines is 2. The maximum atomic E-state index is 15.1. The van der Waals surface area contributed by atoms with Crippen molar-refractivity contribution in [2.75, 3.05) is 42.6 Å². The van der Waals surface area contributed by atoms with Crippen LogP contribution in [-0.4, -0.2) is 77.7 Å². The summed E-state index contributed by atoms with van der Waals surface area (Å²) in [4.78, 5) is 41.1. The van der Waals surface area contributed by atoms with Gasteiger partial charge in [0.25, 0.3) is 0 Å². The molecule has 1 atom stereocenters. The molecule has 1 fully saturated rings. The number of hydrogen-bond acceptors (Lipinski definition) is 8. The fourth-order valence-electron chi connectivity index (χ4n) is 4.35. The van der Waals surface area contributed by atoms with Crippen LogP contribution in [0.1, 0.15) is 39.2 Å². The van der Waals surface area contributed by atoms with Gasteiger partial charge in [0.15, 0.2) is 5.82 Å². The second-order valence-electron chi connectivity index (χ2n) is 10.1. The molecule has 2 aromatic rings. The molecule has 2 aliphatic heterocycles. The summed E-state index contributed by atoms with van der Waals surface area (Å²) in [7, 11) is 0. The molecule has 0 spiro atoms. The van der Waals surface area contributed by atoms with E-state index >= 15 is 8.78 Å². The lowest BCUT2D eigenvalue weighted by atomic mass is 9.97. The Morgan fingerprint density at radius 3 is 2.54 bits per heavy atom. The number of aliphatic hydroxyl groups excluding tert-OH is 1. The van der Waals surface area contributed by atoms with E-state index < -0.39 is 35.5 Å². The van der Waals surface area contributed by atoms with Gasteiger partial charge in [0.1, 0.15) is 29.6 Å². The molecule has 13 heteroatoms. The molecule has 1 N–H and O–H groups in total. The monoisotopic (exact) mass is 548 g/mol. The lowest BCUT2D eigenvalue weighted by Crippen LogP contribution is -2.42. The SMILES string of the molecule is CC(C)(C)OC(=O)N(C[C@H]1CN(c2cc(F)c(C3=CCN(C(=O)CCO)CC3)c(F)c2)C(=O)O1)c1ccon1. The van der Waals surface area contributed by atoms with Gasteiger partial charge in [-0.1, -0.05) is 11.2 Å². The standard InChI is InChI=1S/C26H30F2N4O7/c1-26(2,3)39-25(36)32(21-7-11-37-29-21)15-18-14-31(24(35)38-18)17-12-19(27)23(20(28)13-17)16-4-8-30(9-5-16)22(34)6-10-33/h4,7,11-13,18,33H,5-6,8-10,14-15H2,1-3H3/t18-/m1/s1. The first-order valence-electron chi connectivity index (χ1n) is 12.4. The number of hydrogen-bond donors (Lipinski definition) is 1. The van der Waals surface area contributed by atoms with E-state index in [0.717, 1.165) is 21.9 Å². The number of aliphatic hydroxyl groups is 1. The number of aromatic nitrogens is 1. The highest BCUT2D eigenvalue weighted by molar-refractivity contribution is 5.91. The Morgan fingerprint density at radius 2 is 1.97 bits per heavy atom. The quantitative estimate of drug-likeness (QED) is 0.555. The number of nitrogens with zero attached hydrogens (tertiary/aromatic N) is 4. The molecule has 0 aliphatic carbocycles. The van der Waals surface area contributed by atoms with Gasteiger partial charge < -0.3 is 24.0 Å². The smallest absolute Gasteiger partial charge is 0.416 e. The Kier molecular flexibility index (Phi) is 8.19. The van der Waals surface area contributed by atoms with E-state index in [1.165, 1.54) is 17.2 Å². The molecule has 1 aromatic carbocycles. The maximum Gasteiger partial charge on any atom is 0.416 e. The van der Waals surface area contributed by atoms with Gasteiger partial charge >= 0.3 is 12.2 Å². The van der Waals surface area contributed by atoms with E-state index in [1.54, 1.807) is 26.8 Å². The normalized spacial score (nSPS) is 17.6. The molecule has 0 radical (unpaired) electrons. The molecule has 4 rings (SSSR count). The summed E-state index contributed by atoms with van der Waals surface area (Å²) in [6.07, 6.45) is 0.669. The molecular weight excluding hydrogens is 518 g/mol. The van der Waals surface area contributed by atoms with E-state index in [2.05, 4.69) is 5.16 Å². The number of ether oxygens (including phenoxy) is 2. The minimum Gasteiger partial charge on any atom is -0.443 e. The van der Waals surface area contributed by atoms with E-state index in [1.807, 2.05) is 0 Å². The number of benzene rings is 1. The third-order valence-electron chi connectivity index (χ3n) is 6.12. The Balaban J connectivity index is 1.48. The summed E-state index contributed by atoms with van der Waals surface area (Å²) in [6.45, 7) is 5.06. The lowest BCUT2D eigenvalue weighted by Gasteiger charge is -2.27. The van der Waals surface area contributed by atoms with Gasteiger partial charge in [-0.2, -0.15) is 0 Å². The number of cyclic esters (lactones) is 1. The van der Waals surface area contributed by atoms with Gasteiger partial charge in [-0.05, 0) is 44.9 Å². The molecule has 210 valence electrons. The number of amides is 3. The van der Waals surface area contributed by atoms with Crippen LogP contribution in [0.15, 0.2) is 35.1 Å². The summed E-state index contributed by atoms with van der Waals surface area (Å²) in [5, 5.41) is 12.7. The Morgan fingerprint density at radius 1 is 1.26 bits per heavy atom. The van der Waals surface area contributed by atoms with Crippen molar-refractivity contribution in [2.45, 2.75) is 45.3 Å². The van der Waals surface area contributed by atoms with Gasteiger partial charge in [0.2, 0.25) is 5.91 Å². The molecule has 11 nitrogen and oxygen atoms in total. The van der Waals surface area contributed by atoms with Gasteiger partial charge in [-0.15, -0.1) is 0 Å². The van der Waals surface area contributed by atoms with Gasteiger partial charge in [0.05, 0.1) is 25.4 Å². The lowest BCUT2D eigenvalue weighted by molar-refractivity contribution is -0.131. The van der Waals surface area contributed by atoms with E-state index in [4.69, 9.17) is 19.1 Å². The molecule has 3 heterocycles. The highest BCUT2D eigenvalue weighted by Gasteiger charge is 2.37. The van der Waals surface area contributed by atoms with Gasteiger partial charge in [0, 0.05) is 31.1 Å². The highest BCUT2D eigenvalue weighted by atomic mass is 19.1. The van der Waals surface area contributed by atoms with Crippen molar-refractivity contribution in [1.82, 2.24) is 10.1 Å². The van der Waals surface area contributed by atoms with Crippen LogP contribution >= 0.6 is 0 Å². The Bertz CT molecular complexity index is 1240. The maximum absolute atomic E-state index is 15.1. The fraction of sp³-hybridized carbons (Fsp3) is 0.462. The second-order valence-corrected chi connectivity index (χ2v) is 10.1. The zero-order chi connectivity index (χ0) is 28.3. The molecule has 1 saturated heterocycles. The van der Waals surface area contributed by atoms with Crippen molar-refractivity contribution in [3.8, 4) is 0 Å². The van der Waals surface area contributed by atoms with Crippen LogP contribution < -0.4 is 9.80 Å². The van der Waals surface area contributed by atoms with Gasteiger partial charge in [-0.3, -0.25) is 14.6 Å². The van der Waals surface area contributed by atoms with Crippen LogP contribution in [-0.2, 0) is 14.3 Å². The van der Waals surface area contributed by atoms with Crippen molar-refractivity contribution in [2.24, 2.45) is 0 Å². The van der Waals surface area contributed by atoms with Crippen LogP contribution in [0.2, 0.25) is 0 Å². The molecule has 39 heavy (non-hydrogen) atoms. The topological polar surface area (TPSA) is 126 Å². The zero-order valence-electron chi connectivity index (χ0n) is 21.9. The Hall–Kier alpha value is -4.00. The molecule has 3 amide bonds. The Labute approximate surface area is 223 Å². The molecule has 0 saturated carbocycles. The third-order valence-corrected chi connectivity index (χ3v) is 6.12. The summed E-state index contributed by atoms with van der Waals surface area (Å²) in [6, 6.07) is 3.55. The molecule has 0 unspecified atom stereocenters. The van der Waals surface area contributed by atoms with E-state index in [0.29, 0.717) is 5.57 Å².